The Bertz CT molecular complexity index is 4750. The molecule has 6 fully saturated rings. The Labute approximate surface area is 801 Å². The maximum absolute atomic E-state index is 12.1. The molecule has 0 spiro atoms. The number of anilines is 3. The molecule has 14 rings (SSSR count). The van der Waals surface area contributed by atoms with Crippen LogP contribution in [0.1, 0.15) is 129 Å². The van der Waals surface area contributed by atoms with Gasteiger partial charge in [0, 0.05) is 67.0 Å². The van der Waals surface area contributed by atoms with Crippen LogP contribution in [-0.4, -0.2) is 228 Å². The molecule has 12 unspecified atom stereocenters. The van der Waals surface area contributed by atoms with E-state index in [0.29, 0.717) is 83.8 Å². The predicted octanol–water partition coefficient (Wildman–Crippen LogP) is 12.1. The molecule has 8 aromatic rings. The number of nitrogens with zero attached hydrogens (tertiary/aromatic N) is 6. The number of esters is 6. The van der Waals surface area contributed by atoms with E-state index in [9.17, 15) is 52.7 Å². The van der Waals surface area contributed by atoms with E-state index in [2.05, 4.69) is 65.0 Å². The molecule has 9 N–H and O–H groups in total. The number of ether oxygens (including phenoxy) is 11. The van der Waals surface area contributed by atoms with Crippen molar-refractivity contribution in [1.82, 2.24) is 28.7 Å². The first kappa shape index (κ1) is 118. The minimum absolute atomic E-state index is 0. The number of halogens is 2. The third kappa shape index (κ3) is 44.1. The summed E-state index contributed by atoms with van der Waals surface area (Å²) in [6, 6.07) is 48.1. The molecular formula is C83H109I2N9O26S7V. The van der Waals surface area contributed by atoms with Gasteiger partial charge in [0.2, 0.25) is 12.2 Å². The zero-order valence-corrected chi connectivity index (χ0v) is 76.2. The number of nitrogens with one attached hydrogen (secondary N) is 1. The predicted molar refractivity (Wildman–Crippen MR) is 516 cm³/mol. The van der Waals surface area contributed by atoms with Crippen molar-refractivity contribution in [1.29, 1.82) is 0 Å². The first-order chi connectivity index (χ1) is 58.8. The Morgan fingerprint density at radius 3 is 1.04 bits per heavy atom. The number of rotatable bonds is 21. The molecular weight excluding hydrogens is 2070 g/mol. The number of nitrogen functional groups attached to an aromatic ring is 2. The fourth-order valence-corrected chi connectivity index (χ4v) is 16.6. The topological polar surface area (TPSA) is 488 Å². The van der Waals surface area contributed by atoms with Gasteiger partial charge < -0.3 is 89.3 Å². The Balaban J connectivity index is 0.000000752. The molecule has 35 nitrogen and oxygen atoms in total. The molecule has 5 aromatic carbocycles. The summed E-state index contributed by atoms with van der Waals surface area (Å²) in [5, 5.41) is 38.1. The third-order valence-electron chi connectivity index (χ3n) is 15.5. The Morgan fingerprint density at radius 2 is 0.742 bits per heavy atom. The van der Waals surface area contributed by atoms with Crippen LogP contribution in [0.25, 0.3) is 0 Å². The average molecular weight is 2180 g/mol. The Kier molecular flexibility index (Phi) is 61.0. The number of aliphatic hydroxyl groups excluding tert-OH is 4. The van der Waals surface area contributed by atoms with Gasteiger partial charge >= 0.3 is 102 Å². The number of thioether (sulfide) groups is 7. The van der Waals surface area contributed by atoms with Gasteiger partial charge in [0.1, 0.15) is 107 Å². The van der Waals surface area contributed by atoms with Crippen LogP contribution >= 0.6 is 122 Å². The van der Waals surface area contributed by atoms with Gasteiger partial charge in [0.25, 0.3) is 0 Å². The molecule has 6 aliphatic rings. The number of benzene rings is 5. The SMILES string of the molecule is C.C.C.C.C.C.CC(=O)Nc1ccn(C2CSC(COC(=O)c3ccccc3)O2)c(=O)n1.CC(=O)OC1CSC(COC(=O)c2ccccc2)O1.Nc1ccn(C2CSC(CO)O2)c(=O)n1.Nc1ccn(C2CSC(COC(=O)c3ccccc3)O2)c(=O)n1.O=C(OCC1OC(O)CS1)c1ccccc1.O=CCOC(=O)c1ccccc1.OC1CSC(O)CS1.[I][V][I]. The summed E-state index contributed by atoms with van der Waals surface area (Å²) < 4.78 is 61.7. The number of hydrogen-bond acceptors (Lipinski definition) is 38. The number of aromatic nitrogens is 6. The molecule has 0 saturated carbocycles. The fourth-order valence-electron chi connectivity index (χ4n) is 9.96. The second-order valence-corrected chi connectivity index (χ2v) is 44.6. The van der Waals surface area contributed by atoms with E-state index >= 15 is 0 Å². The van der Waals surface area contributed by atoms with Crippen molar-refractivity contribution in [2.45, 2.75) is 128 Å². The molecule has 9 heterocycles. The van der Waals surface area contributed by atoms with Gasteiger partial charge in [0.05, 0.1) is 40.2 Å². The van der Waals surface area contributed by atoms with Crippen molar-refractivity contribution >= 4 is 188 Å². The molecule has 12 atom stereocenters. The minimum atomic E-state index is -0.745. The summed E-state index contributed by atoms with van der Waals surface area (Å²) in [5.74, 6) is 1.93. The van der Waals surface area contributed by atoms with E-state index in [0.717, 1.165) is 0 Å². The van der Waals surface area contributed by atoms with Crippen molar-refractivity contribution in [2.24, 2.45) is 0 Å². The van der Waals surface area contributed by atoms with Crippen molar-refractivity contribution in [3.8, 4) is 0 Å². The zero-order valence-electron chi connectivity index (χ0n) is 64.8. The zero-order chi connectivity index (χ0) is 88.1. The summed E-state index contributed by atoms with van der Waals surface area (Å²) in [4.78, 5) is 136. The second kappa shape index (κ2) is 65.9. The summed E-state index contributed by atoms with van der Waals surface area (Å²) in [5.41, 5.74) is 9.83. The monoisotopic (exact) mass is 2180 g/mol. The number of carbonyl (C=O) groups is 8. The first-order valence-corrected chi connectivity index (χ1v) is 52.6. The van der Waals surface area contributed by atoms with Crippen molar-refractivity contribution < 1.29 is 120 Å². The van der Waals surface area contributed by atoms with Crippen molar-refractivity contribution in [3.63, 3.8) is 0 Å². The van der Waals surface area contributed by atoms with E-state index < -0.39 is 60.0 Å². The van der Waals surface area contributed by atoms with Gasteiger partial charge in [-0.3, -0.25) is 28.1 Å². The van der Waals surface area contributed by atoms with Gasteiger partial charge in [0.15, 0.2) is 12.6 Å². The average Bonchev–Trinajstić information content (AvgIpc) is 1.48. The molecule has 0 radical (unpaired) electrons. The van der Waals surface area contributed by atoms with Gasteiger partial charge in [-0.05, 0) is 78.9 Å². The standard InChI is InChI=1S/C17H17N3O5S.C15H15N3O4S.C13H14O5S.C11H12O4S.C9H8O3.C8H11N3O3S.C4H8O2S2.6CH4.2HI.V/c1-11(21)18-13-7-8-20(17(23)19-13)14-10-26-15(25-14)9-24-16(22)12-5-3-2-4-6-12;16-11-6-7-18(15(20)17-11)12-9-23-13(22-12)8-21-14(19)10-4-2-1-3-5-10;1-9(14)17-11-8-19-12(18-11)7-16-13(15)10-5-3-2-4-6-10;12-9-7-16-10(15-9)6-14-11(13)8-4-2-1-3-5-8;10-6-7-12-9(11)8-4-2-1-3-5-8;9-5-1-2-11(8(13)10-5)6-4-15-7(3-12)14-6;5-3-1-7-4(6)2-8-3;;;;;;;;;/h2-8,14-15H,9-10H2,1H3,(H,18,19,21,23);1-7,12-13H,8-9H2,(H2,16,17,20);2-6,11-12H,7-8H2,1H3;1-5,9-10,12H,6-7H2;1-6H,7H2;1-2,6-7,12H,3-4H2,(H2,9,10,13);3-6H,1-2H2;6*1H4;2*1H;/q;;;;;;;;;;;;;;;+2/p-2. The number of amides is 1. The van der Waals surface area contributed by atoms with Crippen LogP contribution in [0.2, 0.25) is 0 Å². The van der Waals surface area contributed by atoms with E-state index in [1.807, 2.05) is 24.3 Å². The quantitative estimate of drug-likeness (QED) is 0.0152. The molecule has 0 aliphatic carbocycles. The van der Waals surface area contributed by atoms with E-state index in [1.54, 1.807) is 146 Å². The van der Waals surface area contributed by atoms with Crippen LogP contribution < -0.4 is 33.9 Å². The van der Waals surface area contributed by atoms with Crippen LogP contribution in [0.5, 0.6) is 0 Å². The maximum atomic E-state index is 12.1. The van der Waals surface area contributed by atoms with E-state index in [-0.39, 0.29) is 170 Å². The second-order valence-electron chi connectivity index (χ2n) is 24.4. The molecule has 45 heteroatoms. The number of nitrogens with two attached hydrogens (primary N) is 2. The van der Waals surface area contributed by atoms with Crippen LogP contribution in [0.3, 0.4) is 0 Å². The third-order valence-corrected chi connectivity index (χ3v) is 23.5. The van der Waals surface area contributed by atoms with Gasteiger partial charge in [-0.1, -0.05) is 136 Å². The van der Waals surface area contributed by atoms with E-state index in [4.69, 9.17) is 79.3 Å². The summed E-state index contributed by atoms with van der Waals surface area (Å²) in [6.07, 6.45) is 2.54. The number of aldehydes is 1. The van der Waals surface area contributed by atoms with E-state index in [1.165, 1.54) is 128 Å². The van der Waals surface area contributed by atoms with Crippen LogP contribution in [0.15, 0.2) is 203 Å². The molecule has 6 saturated heterocycles. The van der Waals surface area contributed by atoms with Crippen LogP contribution in [0, 0.1) is 0 Å². The van der Waals surface area contributed by atoms with Gasteiger partial charge in [-0.25, -0.2) is 38.4 Å². The molecule has 1 amide bonds. The van der Waals surface area contributed by atoms with Crippen LogP contribution in [0.4, 0.5) is 17.5 Å². The Hall–Kier alpha value is -7.57. The summed E-state index contributed by atoms with van der Waals surface area (Å²) in [6.45, 7) is 2.92. The fraction of sp³-hybridized carbons (Fsp3) is 0.398. The molecule has 0 bridgehead atoms. The van der Waals surface area contributed by atoms with Gasteiger partial charge in [-0.15, -0.1) is 82.3 Å². The van der Waals surface area contributed by atoms with Crippen molar-refractivity contribution in [3.05, 3.63) is 248 Å². The number of carbonyl (C=O) groups excluding carboxylic acids is 8. The van der Waals surface area contributed by atoms with Crippen molar-refractivity contribution in [2.75, 3.05) is 96.7 Å². The first-order valence-electron chi connectivity index (χ1n) is 36.3. The van der Waals surface area contributed by atoms with Crippen LogP contribution in [-0.2, 0) is 76.0 Å². The Morgan fingerprint density at radius 1 is 0.438 bits per heavy atom. The normalized spacial score (nSPS) is 20.3. The molecule has 128 heavy (non-hydrogen) atoms. The molecule has 3 aromatic heterocycles. The summed E-state index contributed by atoms with van der Waals surface area (Å²) >= 11 is 14.8. The molecule has 6 aliphatic heterocycles. The molecule has 703 valence electrons. The number of aliphatic hydroxyl groups is 4. The van der Waals surface area contributed by atoms with Gasteiger partial charge in [-0.2, -0.15) is 15.0 Å². The summed E-state index contributed by atoms with van der Waals surface area (Å²) in [7, 11) is 0.628. The number of hydrogen-bond donors (Lipinski definition) is 7.